The first kappa shape index (κ1) is 22.3. The van der Waals surface area contributed by atoms with Gasteiger partial charge in [0.1, 0.15) is 0 Å². The lowest BCUT2D eigenvalue weighted by Crippen LogP contribution is -2.30. The molecule has 0 bridgehead atoms. The van der Waals surface area contributed by atoms with Gasteiger partial charge in [-0.15, -0.1) is 10.2 Å². The first-order valence-electron chi connectivity index (χ1n) is 10.2. The molecular formula is C23H23F2N3O3. The number of hydrogen-bond acceptors (Lipinski definition) is 5. The molecule has 0 saturated heterocycles. The van der Waals surface area contributed by atoms with E-state index in [9.17, 15) is 18.4 Å². The number of unbranched alkanes of at least 4 members (excludes halogenated alkanes) is 3. The lowest BCUT2D eigenvalue weighted by atomic mass is 10.0. The quantitative estimate of drug-likeness (QED) is 0.362. The van der Waals surface area contributed by atoms with Crippen molar-refractivity contribution in [1.82, 2.24) is 15.5 Å². The summed E-state index contributed by atoms with van der Waals surface area (Å²) in [7, 11) is 0. The predicted octanol–water partition coefficient (Wildman–Crippen LogP) is 4.39. The summed E-state index contributed by atoms with van der Waals surface area (Å²) in [6, 6.07) is 13.4. The number of nitrogens with one attached hydrogen (secondary N) is 1. The third kappa shape index (κ3) is 6.80. The van der Waals surface area contributed by atoms with Gasteiger partial charge in [-0.25, -0.2) is 8.78 Å². The number of ketones is 1. The van der Waals surface area contributed by atoms with Crippen LogP contribution in [0.5, 0.6) is 0 Å². The van der Waals surface area contributed by atoms with Gasteiger partial charge in [-0.2, -0.15) is 0 Å². The summed E-state index contributed by atoms with van der Waals surface area (Å²) in [5.41, 5.74) is 1.51. The van der Waals surface area contributed by atoms with E-state index in [1.165, 1.54) is 11.6 Å². The molecule has 0 saturated carbocycles. The van der Waals surface area contributed by atoms with Crippen molar-refractivity contribution in [3.8, 4) is 11.5 Å². The molecule has 1 amide bonds. The number of carbonyl (C=O) groups is 2. The topological polar surface area (TPSA) is 85.1 Å². The number of aryl methyl sites for hydroxylation is 1. The first-order valence-corrected chi connectivity index (χ1v) is 10.2. The minimum absolute atomic E-state index is 0.00928. The maximum absolute atomic E-state index is 13.3. The van der Waals surface area contributed by atoms with E-state index in [0.29, 0.717) is 6.42 Å². The van der Waals surface area contributed by atoms with Crippen LogP contribution in [-0.4, -0.2) is 21.9 Å². The molecule has 31 heavy (non-hydrogen) atoms. The van der Waals surface area contributed by atoms with Gasteiger partial charge in [0.15, 0.2) is 11.6 Å². The van der Waals surface area contributed by atoms with Crippen LogP contribution in [0.4, 0.5) is 8.78 Å². The van der Waals surface area contributed by atoms with Crippen LogP contribution in [0.15, 0.2) is 52.9 Å². The molecule has 0 atom stereocenters. The Kier molecular flexibility index (Phi) is 7.98. The van der Waals surface area contributed by atoms with E-state index in [4.69, 9.17) is 4.42 Å². The fraction of sp³-hybridized carbons (Fsp3) is 0.304. The third-order valence-electron chi connectivity index (χ3n) is 4.75. The molecule has 1 aromatic heterocycles. The van der Waals surface area contributed by atoms with Crippen molar-refractivity contribution in [2.45, 2.75) is 45.1 Å². The first-order chi connectivity index (χ1) is 15.0. The van der Waals surface area contributed by atoms with Crippen LogP contribution in [0.2, 0.25) is 0 Å². The maximum atomic E-state index is 13.3. The zero-order chi connectivity index (χ0) is 22.1. The smallest absolute Gasteiger partial charge is 0.287 e. The van der Waals surface area contributed by atoms with E-state index >= 15 is 0 Å². The molecule has 1 N–H and O–H groups in total. The van der Waals surface area contributed by atoms with Crippen molar-refractivity contribution < 1.29 is 22.8 Å². The molecular weight excluding hydrogens is 404 g/mol. The minimum Gasteiger partial charge on any atom is -0.419 e. The highest BCUT2D eigenvalue weighted by molar-refractivity contribution is 6.36. The monoisotopic (exact) mass is 427 g/mol. The van der Waals surface area contributed by atoms with Crippen molar-refractivity contribution in [2.24, 2.45) is 0 Å². The maximum Gasteiger partial charge on any atom is 0.287 e. The molecule has 0 aliphatic carbocycles. The minimum atomic E-state index is -1.03. The fourth-order valence-corrected chi connectivity index (χ4v) is 3.05. The summed E-state index contributed by atoms with van der Waals surface area (Å²) >= 11 is 0. The summed E-state index contributed by atoms with van der Waals surface area (Å²) < 4.78 is 31.6. The molecule has 0 aliphatic rings. The standard InChI is InChI=1S/C23H23F2N3O3/c24-18-13-12-17(14-19(18)25)23-28-27-21(31-23)15-26-22(30)20(29)11-7-2-1-4-8-16-9-5-3-6-10-16/h3,5-6,9-10,12-14H,1-2,4,7-8,11,15H2,(H,26,30). The molecule has 0 radical (unpaired) electrons. The Labute approximate surface area is 178 Å². The van der Waals surface area contributed by atoms with Gasteiger partial charge in [-0.3, -0.25) is 9.59 Å². The van der Waals surface area contributed by atoms with Gasteiger partial charge in [-0.05, 0) is 43.0 Å². The van der Waals surface area contributed by atoms with Gasteiger partial charge in [0.25, 0.3) is 5.91 Å². The van der Waals surface area contributed by atoms with Gasteiger partial charge in [0.2, 0.25) is 17.6 Å². The molecule has 3 rings (SSSR count). The second-order valence-electron chi connectivity index (χ2n) is 7.14. The van der Waals surface area contributed by atoms with E-state index in [2.05, 4.69) is 27.6 Å². The number of halogens is 2. The van der Waals surface area contributed by atoms with Crippen LogP contribution in [0.1, 0.15) is 43.6 Å². The van der Waals surface area contributed by atoms with Gasteiger partial charge in [-0.1, -0.05) is 43.2 Å². The van der Waals surface area contributed by atoms with Crippen LogP contribution in [0.3, 0.4) is 0 Å². The highest BCUT2D eigenvalue weighted by Gasteiger charge is 2.15. The van der Waals surface area contributed by atoms with E-state index in [1.54, 1.807) is 0 Å². The van der Waals surface area contributed by atoms with Gasteiger partial charge < -0.3 is 9.73 Å². The summed E-state index contributed by atoms with van der Waals surface area (Å²) in [6.07, 6.45) is 4.77. The number of aromatic nitrogens is 2. The molecule has 162 valence electrons. The Morgan fingerprint density at radius 1 is 0.903 bits per heavy atom. The highest BCUT2D eigenvalue weighted by atomic mass is 19.2. The van der Waals surface area contributed by atoms with Crippen LogP contribution >= 0.6 is 0 Å². The van der Waals surface area contributed by atoms with Crippen molar-refractivity contribution in [3.63, 3.8) is 0 Å². The SMILES string of the molecule is O=C(CCCCCCc1ccccc1)C(=O)NCc1nnc(-c2ccc(F)c(F)c2)o1. The van der Waals surface area contributed by atoms with E-state index in [-0.39, 0.29) is 30.3 Å². The summed E-state index contributed by atoms with van der Waals surface area (Å²) in [5, 5.41) is 9.91. The van der Waals surface area contributed by atoms with Gasteiger partial charge in [0, 0.05) is 12.0 Å². The average molecular weight is 427 g/mol. The second kappa shape index (κ2) is 11.1. The predicted molar refractivity (Wildman–Crippen MR) is 110 cm³/mol. The summed E-state index contributed by atoms with van der Waals surface area (Å²) in [6.45, 7) is -0.127. The lowest BCUT2D eigenvalue weighted by Gasteiger charge is -2.03. The zero-order valence-corrected chi connectivity index (χ0v) is 16.9. The molecule has 3 aromatic rings. The normalized spacial score (nSPS) is 10.8. The molecule has 8 heteroatoms. The van der Waals surface area contributed by atoms with E-state index in [1.807, 2.05) is 18.2 Å². The summed E-state index contributed by atoms with van der Waals surface area (Å²) in [4.78, 5) is 23.9. The van der Waals surface area contributed by atoms with Gasteiger partial charge in [0.05, 0.1) is 6.54 Å². The van der Waals surface area contributed by atoms with Crippen molar-refractivity contribution in [1.29, 1.82) is 0 Å². The molecule has 0 spiro atoms. The largest absolute Gasteiger partial charge is 0.419 e. The Morgan fingerprint density at radius 2 is 1.68 bits per heavy atom. The Bertz CT molecular complexity index is 1020. The number of hydrogen-bond donors (Lipinski definition) is 1. The van der Waals surface area contributed by atoms with Crippen LogP contribution < -0.4 is 5.32 Å². The average Bonchev–Trinajstić information content (AvgIpc) is 3.26. The van der Waals surface area contributed by atoms with Crippen molar-refractivity contribution in [3.05, 3.63) is 71.6 Å². The number of nitrogens with zero attached hydrogens (tertiary/aromatic N) is 2. The van der Waals surface area contributed by atoms with Gasteiger partial charge >= 0.3 is 0 Å². The number of rotatable bonds is 11. The number of Topliss-reactive ketones (excluding diaryl/α,β-unsaturated/α-hetero) is 1. The van der Waals surface area contributed by atoms with Crippen LogP contribution in [-0.2, 0) is 22.6 Å². The van der Waals surface area contributed by atoms with Crippen molar-refractivity contribution >= 4 is 11.7 Å². The second-order valence-corrected chi connectivity index (χ2v) is 7.14. The highest BCUT2D eigenvalue weighted by Crippen LogP contribution is 2.20. The van der Waals surface area contributed by atoms with Crippen LogP contribution in [0, 0.1) is 11.6 Å². The third-order valence-corrected chi connectivity index (χ3v) is 4.75. The molecule has 6 nitrogen and oxygen atoms in total. The summed E-state index contributed by atoms with van der Waals surface area (Å²) in [5.74, 6) is -3.17. The molecule has 2 aromatic carbocycles. The van der Waals surface area contributed by atoms with Crippen LogP contribution in [0.25, 0.3) is 11.5 Å². The Hall–Kier alpha value is -3.42. The van der Waals surface area contributed by atoms with E-state index < -0.39 is 23.3 Å². The van der Waals surface area contributed by atoms with E-state index in [0.717, 1.165) is 37.8 Å². The Balaban J connectivity index is 1.34. The number of amides is 1. The number of carbonyl (C=O) groups excluding carboxylic acids is 2. The van der Waals surface area contributed by atoms with Crippen molar-refractivity contribution in [2.75, 3.05) is 0 Å². The lowest BCUT2D eigenvalue weighted by molar-refractivity contribution is -0.138. The molecule has 0 fully saturated rings. The molecule has 1 heterocycles. The number of benzene rings is 2. The molecule has 0 aliphatic heterocycles. The fourth-order valence-electron chi connectivity index (χ4n) is 3.05. The Morgan fingerprint density at radius 3 is 2.45 bits per heavy atom. The molecule has 0 unspecified atom stereocenters. The zero-order valence-electron chi connectivity index (χ0n) is 16.9.